The standard InChI is InChI=1S/C33H38O9/c34-18-27-30(26(35)16-17-38-27)42-33-29(36)32(40-21-25-14-8-3-9-15-25)31(39-20-24-12-6-2-7-13-24)28(41-33)22-37-19-23-10-4-1-5-11-23/h1-17,26-36H,18-22H2/t26-,27-,28-,29-,30+,31-,32-,33-/m1/s1. The molecule has 0 amide bonds. The zero-order chi connectivity index (χ0) is 29.1. The molecule has 3 aromatic rings. The Bertz CT molecular complexity index is 1210. The highest BCUT2D eigenvalue weighted by Crippen LogP contribution is 2.31. The van der Waals surface area contributed by atoms with Crippen LogP contribution in [0, 0.1) is 0 Å². The lowest BCUT2D eigenvalue weighted by atomic mass is 9.97. The molecule has 9 heteroatoms. The van der Waals surface area contributed by atoms with Crippen LogP contribution in [0.3, 0.4) is 0 Å². The Kier molecular flexibility index (Phi) is 11.1. The van der Waals surface area contributed by atoms with Crippen LogP contribution in [0.15, 0.2) is 103 Å². The minimum atomic E-state index is -1.29. The largest absolute Gasteiger partial charge is 0.493 e. The monoisotopic (exact) mass is 578 g/mol. The van der Waals surface area contributed by atoms with Gasteiger partial charge >= 0.3 is 0 Å². The summed E-state index contributed by atoms with van der Waals surface area (Å²) in [5, 5.41) is 32.0. The maximum absolute atomic E-state index is 11.6. The van der Waals surface area contributed by atoms with Crippen molar-refractivity contribution in [2.75, 3.05) is 13.2 Å². The van der Waals surface area contributed by atoms with Crippen molar-refractivity contribution in [3.63, 3.8) is 0 Å². The van der Waals surface area contributed by atoms with Gasteiger partial charge in [-0.05, 0) is 22.8 Å². The fraction of sp³-hybridized carbons (Fsp3) is 0.394. The molecule has 5 rings (SSSR count). The van der Waals surface area contributed by atoms with Crippen molar-refractivity contribution in [1.29, 1.82) is 0 Å². The summed E-state index contributed by atoms with van der Waals surface area (Å²) in [5.74, 6) is 0. The minimum Gasteiger partial charge on any atom is -0.493 e. The Morgan fingerprint density at radius 3 is 1.76 bits per heavy atom. The van der Waals surface area contributed by atoms with Crippen LogP contribution in [0.25, 0.3) is 0 Å². The van der Waals surface area contributed by atoms with E-state index in [1.165, 1.54) is 12.3 Å². The molecule has 42 heavy (non-hydrogen) atoms. The third-order valence-corrected chi connectivity index (χ3v) is 7.28. The van der Waals surface area contributed by atoms with E-state index in [9.17, 15) is 15.3 Å². The highest BCUT2D eigenvalue weighted by Gasteiger charge is 2.49. The van der Waals surface area contributed by atoms with Gasteiger partial charge in [0.25, 0.3) is 0 Å². The molecule has 3 aromatic carbocycles. The average molecular weight is 579 g/mol. The van der Waals surface area contributed by atoms with Gasteiger partial charge in [0.05, 0.1) is 39.3 Å². The fourth-order valence-electron chi connectivity index (χ4n) is 5.04. The zero-order valence-electron chi connectivity index (χ0n) is 23.3. The summed E-state index contributed by atoms with van der Waals surface area (Å²) in [6.07, 6.45) is -4.97. The molecule has 3 N–H and O–H groups in total. The van der Waals surface area contributed by atoms with Crippen LogP contribution in [-0.2, 0) is 48.2 Å². The number of aliphatic hydroxyl groups is 3. The topological polar surface area (TPSA) is 116 Å². The zero-order valence-corrected chi connectivity index (χ0v) is 23.3. The number of hydrogen-bond donors (Lipinski definition) is 3. The van der Waals surface area contributed by atoms with Gasteiger partial charge in [-0.1, -0.05) is 91.0 Å². The summed E-state index contributed by atoms with van der Waals surface area (Å²) in [5.41, 5.74) is 2.88. The maximum atomic E-state index is 11.6. The SMILES string of the molecule is OC[C@H]1OC=C[C@@H](O)[C@@H]1O[C@H]1O[C@H](COCc2ccccc2)[C@@H](OCc2ccccc2)[C@H](OCc2ccccc2)[C@H]1O. The normalized spacial score (nSPS) is 29.2. The van der Waals surface area contributed by atoms with E-state index in [0.29, 0.717) is 6.61 Å². The van der Waals surface area contributed by atoms with Crippen molar-refractivity contribution in [3.05, 3.63) is 120 Å². The van der Waals surface area contributed by atoms with Crippen molar-refractivity contribution in [2.24, 2.45) is 0 Å². The molecule has 0 spiro atoms. The van der Waals surface area contributed by atoms with Crippen molar-refractivity contribution < 1.29 is 43.7 Å². The van der Waals surface area contributed by atoms with Crippen LogP contribution in [0.5, 0.6) is 0 Å². The first-order valence-corrected chi connectivity index (χ1v) is 14.1. The Morgan fingerprint density at radius 2 is 1.19 bits per heavy atom. The molecule has 1 fully saturated rings. The molecule has 224 valence electrons. The van der Waals surface area contributed by atoms with Gasteiger partial charge in [-0.3, -0.25) is 0 Å². The first-order chi connectivity index (χ1) is 20.6. The number of rotatable bonds is 13. The summed E-state index contributed by atoms with van der Waals surface area (Å²) in [6, 6.07) is 29.1. The van der Waals surface area contributed by atoms with Gasteiger partial charge in [-0.2, -0.15) is 0 Å². The molecular weight excluding hydrogens is 540 g/mol. The van der Waals surface area contributed by atoms with E-state index >= 15 is 0 Å². The highest BCUT2D eigenvalue weighted by atomic mass is 16.7. The third kappa shape index (κ3) is 8.03. The number of aliphatic hydroxyl groups excluding tert-OH is 3. The molecule has 1 saturated heterocycles. The van der Waals surface area contributed by atoms with E-state index in [1.54, 1.807) is 0 Å². The van der Waals surface area contributed by atoms with E-state index in [2.05, 4.69) is 0 Å². The van der Waals surface area contributed by atoms with Gasteiger partial charge in [-0.25, -0.2) is 0 Å². The van der Waals surface area contributed by atoms with E-state index in [-0.39, 0.29) is 19.8 Å². The Balaban J connectivity index is 1.38. The predicted molar refractivity (Wildman–Crippen MR) is 153 cm³/mol. The van der Waals surface area contributed by atoms with E-state index in [4.69, 9.17) is 28.4 Å². The summed E-state index contributed by atoms with van der Waals surface area (Å²) in [6.45, 7) is 0.562. The summed E-state index contributed by atoms with van der Waals surface area (Å²) in [7, 11) is 0. The van der Waals surface area contributed by atoms with Crippen molar-refractivity contribution in [3.8, 4) is 0 Å². The van der Waals surface area contributed by atoms with E-state index < -0.39 is 55.6 Å². The predicted octanol–water partition coefficient (Wildman–Crippen LogP) is 3.11. The van der Waals surface area contributed by atoms with Gasteiger partial charge in [0.2, 0.25) is 0 Å². The molecule has 0 aliphatic carbocycles. The van der Waals surface area contributed by atoms with Crippen LogP contribution in [0.1, 0.15) is 16.7 Å². The minimum absolute atomic E-state index is 0.124. The van der Waals surface area contributed by atoms with Gasteiger partial charge in [-0.15, -0.1) is 0 Å². The average Bonchev–Trinajstić information content (AvgIpc) is 3.03. The second kappa shape index (κ2) is 15.4. The smallest absolute Gasteiger partial charge is 0.187 e. The maximum Gasteiger partial charge on any atom is 0.187 e. The van der Waals surface area contributed by atoms with Crippen LogP contribution in [0.2, 0.25) is 0 Å². The van der Waals surface area contributed by atoms with Crippen LogP contribution in [0.4, 0.5) is 0 Å². The molecule has 0 bridgehead atoms. The summed E-state index contributed by atoms with van der Waals surface area (Å²) in [4.78, 5) is 0. The van der Waals surface area contributed by atoms with Crippen molar-refractivity contribution in [2.45, 2.75) is 68.8 Å². The van der Waals surface area contributed by atoms with Crippen LogP contribution < -0.4 is 0 Å². The molecule has 0 aromatic heterocycles. The molecule has 0 saturated carbocycles. The Labute approximate surface area is 245 Å². The lowest BCUT2D eigenvalue weighted by Gasteiger charge is -2.46. The molecule has 8 atom stereocenters. The van der Waals surface area contributed by atoms with Gasteiger partial charge in [0, 0.05) is 0 Å². The van der Waals surface area contributed by atoms with Gasteiger partial charge in [0.15, 0.2) is 6.29 Å². The lowest BCUT2D eigenvalue weighted by Crippen LogP contribution is -2.62. The lowest BCUT2D eigenvalue weighted by molar-refractivity contribution is -0.337. The summed E-state index contributed by atoms with van der Waals surface area (Å²) >= 11 is 0. The van der Waals surface area contributed by atoms with Crippen LogP contribution >= 0.6 is 0 Å². The molecule has 2 heterocycles. The van der Waals surface area contributed by atoms with E-state index in [1.807, 2.05) is 91.0 Å². The third-order valence-electron chi connectivity index (χ3n) is 7.28. The Morgan fingerprint density at radius 1 is 0.643 bits per heavy atom. The molecule has 0 radical (unpaired) electrons. The highest BCUT2D eigenvalue weighted by molar-refractivity contribution is 5.15. The Hall–Kier alpha value is -3.12. The first kappa shape index (κ1) is 30.3. The molecule has 9 nitrogen and oxygen atoms in total. The summed E-state index contributed by atoms with van der Waals surface area (Å²) < 4.78 is 36.6. The fourth-order valence-corrected chi connectivity index (χ4v) is 5.04. The van der Waals surface area contributed by atoms with Crippen molar-refractivity contribution >= 4 is 0 Å². The van der Waals surface area contributed by atoms with Crippen molar-refractivity contribution in [1.82, 2.24) is 0 Å². The number of ether oxygens (including phenoxy) is 6. The second-order valence-corrected chi connectivity index (χ2v) is 10.3. The number of hydrogen-bond acceptors (Lipinski definition) is 9. The molecule has 0 unspecified atom stereocenters. The second-order valence-electron chi connectivity index (χ2n) is 10.3. The molecule has 2 aliphatic rings. The molecular formula is C33H38O9. The first-order valence-electron chi connectivity index (χ1n) is 14.1. The quantitative estimate of drug-likeness (QED) is 0.281. The van der Waals surface area contributed by atoms with Gasteiger partial charge in [0.1, 0.15) is 42.7 Å². The molecule has 2 aliphatic heterocycles. The van der Waals surface area contributed by atoms with Gasteiger partial charge < -0.3 is 43.7 Å². The van der Waals surface area contributed by atoms with Crippen LogP contribution in [-0.4, -0.2) is 77.6 Å². The van der Waals surface area contributed by atoms with E-state index in [0.717, 1.165) is 16.7 Å². The number of benzene rings is 3.